The van der Waals surface area contributed by atoms with Crippen molar-refractivity contribution < 1.29 is 13.9 Å². The van der Waals surface area contributed by atoms with Gasteiger partial charge in [-0.2, -0.15) is 5.26 Å². The van der Waals surface area contributed by atoms with Crippen LogP contribution in [0.2, 0.25) is 5.02 Å². The number of halogens is 2. The molecule has 2 aromatic heterocycles. The predicted molar refractivity (Wildman–Crippen MR) is 147 cm³/mol. The fourth-order valence-corrected chi connectivity index (χ4v) is 5.11. The molecule has 4 heterocycles. The van der Waals surface area contributed by atoms with Crippen LogP contribution in [-0.4, -0.2) is 45.2 Å². The van der Waals surface area contributed by atoms with E-state index < -0.39 is 5.82 Å². The number of rotatable bonds is 8. The summed E-state index contributed by atoms with van der Waals surface area (Å²) < 4.78 is 27.8. The number of nitrogens with zero attached hydrogens (tertiary/aromatic N) is 5. The molecule has 4 aromatic rings. The van der Waals surface area contributed by atoms with Crippen LogP contribution in [0.4, 0.5) is 4.39 Å². The molecule has 0 aliphatic carbocycles. The van der Waals surface area contributed by atoms with Gasteiger partial charge in [-0.15, -0.1) is 0 Å². The van der Waals surface area contributed by atoms with E-state index in [-0.39, 0.29) is 12.7 Å². The highest BCUT2D eigenvalue weighted by atomic mass is 35.5. The molecule has 1 unspecified atom stereocenters. The zero-order valence-corrected chi connectivity index (χ0v) is 22.1. The smallest absolute Gasteiger partial charge is 0.214 e. The van der Waals surface area contributed by atoms with Gasteiger partial charge in [-0.3, -0.25) is 4.90 Å². The molecule has 1 atom stereocenters. The fraction of sp³-hybridized carbons (Fsp3) is 0.300. The summed E-state index contributed by atoms with van der Waals surface area (Å²) in [5, 5.41) is 9.74. The maximum Gasteiger partial charge on any atom is 0.214 e. The lowest BCUT2D eigenvalue weighted by Gasteiger charge is -2.29. The molecule has 9 heteroatoms. The lowest BCUT2D eigenvalue weighted by molar-refractivity contribution is -0.0591. The lowest BCUT2D eigenvalue weighted by Crippen LogP contribution is -2.33. The molecule has 0 radical (unpaired) electrons. The molecule has 0 N–H and O–H groups in total. The topological polar surface area (TPSA) is 76.2 Å². The van der Waals surface area contributed by atoms with Crippen LogP contribution in [0.5, 0.6) is 5.88 Å². The monoisotopic (exact) mass is 543 g/mol. The standard InChI is InChI=1S/C30H27ClFN5O2/c31-23-6-5-22(25(32)15-23)19-39-30-3-1-2-26(35-30)21-8-11-36(12-9-21)18-29-34-27-7-4-20(16-33)14-28(27)37(29)17-24-10-13-38-24/h1-8,14-15,24H,9-13,17-19H2. The Kier molecular flexibility index (Phi) is 7.29. The molecule has 0 bridgehead atoms. The van der Waals surface area contributed by atoms with Gasteiger partial charge in [0.15, 0.2) is 0 Å². The Morgan fingerprint density at radius 1 is 1.15 bits per heavy atom. The van der Waals surface area contributed by atoms with Crippen molar-refractivity contribution in [1.29, 1.82) is 5.26 Å². The maximum atomic E-state index is 14.1. The molecule has 0 saturated carbocycles. The minimum absolute atomic E-state index is 0.0784. The summed E-state index contributed by atoms with van der Waals surface area (Å²) in [5.41, 5.74) is 4.96. The summed E-state index contributed by atoms with van der Waals surface area (Å²) in [5.74, 6) is 1.04. The molecule has 198 valence electrons. The molecule has 2 aliphatic heterocycles. The van der Waals surface area contributed by atoms with E-state index in [9.17, 15) is 9.65 Å². The molecule has 1 saturated heterocycles. The Morgan fingerprint density at radius 2 is 2.05 bits per heavy atom. The first-order valence-corrected chi connectivity index (χ1v) is 13.4. The molecule has 7 nitrogen and oxygen atoms in total. The number of fused-ring (bicyclic) bond motifs is 1. The van der Waals surface area contributed by atoms with Gasteiger partial charge >= 0.3 is 0 Å². The summed E-state index contributed by atoms with van der Waals surface area (Å²) in [7, 11) is 0. The molecule has 0 amide bonds. The van der Waals surface area contributed by atoms with Gasteiger partial charge in [-0.1, -0.05) is 29.8 Å². The van der Waals surface area contributed by atoms with Crippen molar-refractivity contribution in [1.82, 2.24) is 19.4 Å². The Hall–Kier alpha value is -3.77. The van der Waals surface area contributed by atoms with E-state index in [2.05, 4.69) is 26.6 Å². The van der Waals surface area contributed by atoms with Gasteiger partial charge in [0.2, 0.25) is 5.88 Å². The van der Waals surface area contributed by atoms with Crippen molar-refractivity contribution in [2.75, 3.05) is 19.7 Å². The number of ether oxygens (including phenoxy) is 2. The summed E-state index contributed by atoms with van der Waals surface area (Å²) in [4.78, 5) is 11.9. The number of hydrogen-bond acceptors (Lipinski definition) is 6. The minimum atomic E-state index is -0.395. The van der Waals surface area contributed by atoms with Crippen LogP contribution in [0.3, 0.4) is 0 Å². The maximum absolute atomic E-state index is 14.1. The van der Waals surface area contributed by atoms with Crippen LogP contribution in [0.15, 0.2) is 60.7 Å². The first-order chi connectivity index (χ1) is 19.1. The van der Waals surface area contributed by atoms with E-state index in [0.29, 0.717) is 28.6 Å². The molecule has 2 aliphatic rings. The van der Waals surface area contributed by atoms with Crippen LogP contribution in [0, 0.1) is 17.1 Å². The molecule has 1 fully saturated rings. The second kappa shape index (κ2) is 11.1. The summed E-state index contributed by atoms with van der Waals surface area (Å²) in [6.07, 6.45) is 4.27. The van der Waals surface area contributed by atoms with Crippen molar-refractivity contribution in [3.8, 4) is 11.9 Å². The van der Waals surface area contributed by atoms with Gasteiger partial charge < -0.3 is 14.0 Å². The number of aromatic nitrogens is 3. The van der Waals surface area contributed by atoms with E-state index in [0.717, 1.165) is 67.2 Å². The Balaban J connectivity index is 1.14. The average Bonchev–Trinajstić information content (AvgIpc) is 3.26. The van der Waals surface area contributed by atoms with Crippen LogP contribution < -0.4 is 4.74 Å². The number of benzene rings is 2. The third kappa shape index (κ3) is 5.66. The molecular formula is C30H27ClFN5O2. The van der Waals surface area contributed by atoms with E-state index in [1.54, 1.807) is 18.2 Å². The number of imidazole rings is 1. The number of nitriles is 1. The molecular weight excluding hydrogens is 517 g/mol. The van der Waals surface area contributed by atoms with Crippen molar-refractivity contribution in [2.24, 2.45) is 0 Å². The Morgan fingerprint density at radius 3 is 2.79 bits per heavy atom. The third-order valence-electron chi connectivity index (χ3n) is 7.24. The number of pyridine rings is 1. The predicted octanol–water partition coefficient (Wildman–Crippen LogP) is 5.75. The highest BCUT2D eigenvalue weighted by Gasteiger charge is 2.23. The largest absolute Gasteiger partial charge is 0.473 e. The highest BCUT2D eigenvalue weighted by Crippen LogP contribution is 2.26. The summed E-state index contributed by atoms with van der Waals surface area (Å²) in [6.45, 7) is 3.96. The van der Waals surface area contributed by atoms with Gasteiger partial charge in [-0.25, -0.2) is 14.4 Å². The molecule has 6 rings (SSSR count). The second-order valence-corrected chi connectivity index (χ2v) is 10.3. The highest BCUT2D eigenvalue weighted by molar-refractivity contribution is 6.30. The Labute approximate surface area is 231 Å². The van der Waals surface area contributed by atoms with Gasteiger partial charge in [-0.05, 0) is 54.8 Å². The SMILES string of the molecule is N#Cc1ccc2nc(CN3CC=C(c4cccc(OCc5ccc(Cl)cc5F)n4)CC3)n(CC3CCO3)c2c1. The van der Waals surface area contributed by atoms with E-state index >= 15 is 0 Å². The first-order valence-electron chi connectivity index (χ1n) is 13.0. The summed E-state index contributed by atoms with van der Waals surface area (Å²) >= 11 is 5.84. The normalized spacial score (nSPS) is 17.5. The zero-order valence-electron chi connectivity index (χ0n) is 21.3. The van der Waals surface area contributed by atoms with Crippen molar-refractivity contribution in [3.05, 3.63) is 94.2 Å². The van der Waals surface area contributed by atoms with E-state index in [1.807, 2.05) is 30.3 Å². The first kappa shape index (κ1) is 25.5. The third-order valence-corrected chi connectivity index (χ3v) is 7.47. The van der Waals surface area contributed by atoms with Gasteiger partial charge in [0.25, 0.3) is 0 Å². The second-order valence-electron chi connectivity index (χ2n) is 9.84. The quantitative estimate of drug-likeness (QED) is 0.281. The van der Waals surface area contributed by atoms with Gasteiger partial charge in [0.1, 0.15) is 18.2 Å². The van der Waals surface area contributed by atoms with Crippen molar-refractivity contribution in [2.45, 2.75) is 38.6 Å². The van der Waals surface area contributed by atoms with Crippen molar-refractivity contribution in [3.63, 3.8) is 0 Å². The zero-order chi connectivity index (χ0) is 26.8. The summed E-state index contributed by atoms with van der Waals surface area (Å²) in [6, 6.07) is 18.1. The van der Waals surface area contributed by atoms with Gasteiger partial charge in [0.05, 0.1) is 47.6 Å². The van der Waals surface area contributed by atoms with Gasteiger partial charge in [0, 0.05) is 36.3 Å². The molecule has 2 aromatic carbocycles. The molecule has 0 spiro atoms. The van der Waals surface area contributed by atoms with Crippen LogP contribution in [-0.2, 0) is 24.4 Å². The van der Waals surface area contributed by atoms with E-state index in [4.69, 9.17) is 26.1 Å². The van der Waals surface area contributed by atoms with Crippen LogP contribution in [0.25, 0.3) is 16.6 Å². The minimum Gasteiger partial charge on any atom is -0.473 e. The van der Waals surface area contributed by atoms with E-state index in [1.165, 1.54) is 6.07 Å². The number of hydrogen-bond donors (Lipinski definition) is 0. The van der Waals surface area contributed by atoms with Crippen LogP contribution >= 0.6 is 11.6 Å². The lowest BCUT2D eigenvalue weighted by atomic mass is 10.0. The fourth-order valence-electron chi connectivity index (χ4n) is 4.95. The van der Waals surface area contributed by atoms with Crippen LogP contribution in [0.1, 0.15) is 35.5 Å². The molecule has 39 heavy (non-hydrogen) atoms. The average molecular weight is 544 g/mol. The van der Waals surface area contributed by atoms with Crippen molar-refractivity contribution >= 4 is 28.2 Å². The Bertz CT molecular complexity index is 1590.